The lowest BCUT2D eigenvalue weighted by Crippen LogP contribution is -1.85. The van der Waals surface area contributed by atoms with Gasteiger partial charge in [-0.3, -0.25) is 4.98 Å². The smallest absolute Gasteiger partial charge is 0.0794 e. The highest BCUT2D eigenvalue weighted by Gasteiger charge is 2.00. The number of thioether (sulfide) groups is 1. The molecule has 2 aromatic rings. The highest BCUT2D eigenvalue weighted by Crippen LogP contribution is 2.29. The van der Waals surface area contributed by atoms with E-state index in [-0.39, 0.29) is 0 Å². The summed E-state index contributed by atoms with van der Waals surface area (Å²) < 4.78 is 0. The first kappa shape index (κ1) is 10.8. The van der Waals surface area contributed by atoms with Crippen LogP contribution in [0, 0.1) is 0 Å². The molecule has 0 amide bonds. The first-order valence-electron chi connectivity index (χ1n) is 4.31. The van der Waals surface area contributed by atoms with Gasteiger partial charge in [-0.15, -0.1) is 23.1 Å². The molecular formula is C10H9ClN2S2. The fourth-order valence-corrected chi connectivity index (χ4v) is 2.89. The number of anilines is 1. The van der Waals surface area contributed by atoms with Gasteiger partial charge in [0.25, 0.3) is 0 Å². The van der Waals surface area contributed by atoms with Crippen LogP contribution in [0.25, 0.3) is 0 Å². The molecule has 1 aromatic heterocycles. The third-order valence-electron chi connectivity index (χ3n) is 1.84. The molecule has 0 atom stereocenters. The Balaban J connectivity index is 2.02. The van der Waals surface area contributed by atoms with Crippen LogP contribution in [-0.2, 0) is 5.75 Å². The van der Waals surface area contributed by atoms with E-state index in [0.29, 0.717) is 10.7 Å². The maximum atomic E-state index is 5.93. The molecule has 1 heterocycles. The van der Waals surface area contributed by atoms with E-state index in [9.17, 15) is 0 Å². The minimum atomic E-state index is 0.615. The number of rotatable bonds is 3. The molecule has 1 aromatic carbocycles. The van der Waals surface area contributed by atoms with Crippen LogP contribution >= 0.6 is 34.7 Å². The Labute approximate surface area is 101 Å². The summed E-state index contributed by atoms with van der Waals surface area (Å²) in [6.45, 7) is 0. The van der Waals surface area contributed by atoms with Crippen molar-refractivity contribution in [1.82, 2.24) is 4.98 Å². The molecule has 0 fully saturated rings. The fraction of sp³-hybridized carbons (Fsp3) is 0.100. The van der Waals surface area contributed by atoms with E-state index in [1.165, 1.54) is 4.88 Å². The molecule has 0 saturated carbocycles. The Bertz CT molecular complexity index is 443. The second kappa shape index (κ2) is 4.88. The van der Waals surface area contributed by atoms with Crippen molar-refractivity contribution in [3.63, 3.8) is 0 Å². The van der Waals surface area contributed by atoms with Crippen molar-refractivity contribution in [3.8, 4) is 0 Å². The summed E-state index contributed by atoms with van der Waals surface area (Å²) in [7, 11) is 0. The molecule has 0 aliphatic carbocycles. The first-order chi connectivity index (χ1) is 7.25. The van der Waals surface area contributed by atoms with Crippen LogP contribution in [0.2, 0.25) is 5.02 Å². The Morgan fingerprint density at radius 2 is 2.33 bits per heavy atom. The number of hydrogen-bond donors (Lipinski definition) is 1. The molecule has 0 bridgehead atoms. The fourth-order valence-electron chi connectivity index (χ4n) is 1.07. The molecule has 2 N–H and O–H groups in total. The molecule has 0 aliphatic heterocycles. The van der Waals surface area contributed by atoms with Crippen molar-refractivity contribution >= 4 is 40.4 Å². The summed E-state index contributed by atoms with van der Waals surface area (Å²) in [5, 5.41) is 0.615. The summed E-state index contributed by atoms with van der Waals surface area (Å²) in [5.74, 6) is 0.922. The molecule has 5 heteroatoms. The van der Waals surface area contributed by atoms with Crippen LogP contribution in [0.3, 0.4) is 0 Å². The maximum Gasteiger partial charge on any atom is 0.0794 e. The largest absolute Gasteiger partial charge is 0.398 e. The van der Waals surface area contributed by atoms with Crippen LogP contribution < -0.4 is 5.73 Å². The zero-order valence-electron chi connectivity index (χ0n) is 7.81. The van der Waals surface area contributed by atoms with Crippen molar-refractivity contribution in [1.29, 1.82) is 0 Å². The molecule has 0 aliphatic rings. The molecular weight excluding hydrogens is 248 g/mol. The van der Waals surface area contributed by atoms with E-state index in [4.69, 9.17) is 17.3 Å². The topological polar surface area (TPSA) is 38.9 Å². The van der Waals surface area contributed by atoms with Crippen LogP contribution in [-0.4, -0.2) is 4.98 Å². The lowest BCUT2D eigenvalue weighted by Gasteiger charge is -2.02. The summed E-state index contributed by atoms with van der Waals surface area (Å²) in [5.41, 5.74) is 8.09. The minimum Gasteiger partial charge on any atom is -0.398 e. The van der Waals surface area contributed by atoms with Crippen LogP contribution in [0.5, 0.6) is 0 Å². The van der Waals surface area contributed by atoms with Crippen LogP contribution in [0.1, 0.15) is 4.88 Å². The molecule has 0 saturated heterocycles. The predicted molar refractivity (Wildman–Crippen MR) is 67.5 cm³/mol. The van der Waals surface area contributed by atoms with Crippen molar-refractivity contribution in [2.45, 2.75) is 10.6 Å². The second-order valence-electron chi connectivity index (χ2n) is 2.94. The third-order valence-corrected chi connectivity index (χ3v) is 4.17. The van der Waals surface area contributed by atoms with Gasteiger partial charge in [-0.05, 0) is 18.2 Å². The van der Waals surface area contributed by atoms with Gasteiger partial charge in [0.2, 0.25) is 0 Å². The van der Waals surface area contributed by atoms with Gasteiger partial charge >= 0.3 is 0 Å². The van der Waals surface area contributed by atoms with E-state index in [0.717, 1.165) is 10.6 Å². The SMILES string of the molecule is Nc1ccc(SCc2cncs2)cc1Cl. The number of nitrogen functional groups attached to an aromatic ring is 1. The van der Waals surface area contributed by atoms with E-state index in [2.05, 4.69) is 4.98 Å². The van der Waals surface area contributed by atoms with Crippen LogP contribution in [0.4, 0.5) is 5.69 Å². The summed E-state index contributed by atoms with van der Waals surface area (Å²) in [6.07, 6.45) is 1.89. The van der Waals surface area contributed by atoms with Gasteiger partial charge in [0, 0.05) is 21.7 Å². The number of nitrogens with zero attached hydrogens (tertiary/aromatic N) is 1. The minimum absolute atomic E-state index is 0.615. The summed E-state index contributed by atoms with van der Waals surface area (Å²) in [4.78, 5) is 6.41. The number of nitrogens with two attached hydrogens (primary N) is 1. The number of benzene rings is 1. The van der Waals surface area contributed by atoms with Gasteiger partial charge in [0.15, 0.2) is 0 Å². The molecule has 0 radical (unpaired) electrons. The van der Waals surface area contributed by atoms with Crippen molar-refractivity contribution in [2.75, 3.05) is 5.73 Å². The van der Waals surface area contributed by atoms with E-state index >= 15 is 0 Å². The van der Waals surface area contributed by atoms with Gasteiger partial charge in [-0.1, -0.05) is 11.6 Å². The Morgan fingerprint density at radius 3 is 3.00 bits per heavy atom. The van der Waals surface area contributed by atoms with E-state index < -0.39 is 0 Å². The monoisotopic (exact) mass is 256 g/mol. The van der Waals surface area contributed by atoms with Crippen molar-refractivity contribution in [3.05, 3.63) is 39.8 Å². The van der Waals surface area contributed by atoms with Gasteiger partial charge in [0.05, 0.1) is 16.2 Å². The van der Waals surface area contributed by atoms with Gasteiger partial charge in [-0.25, -0.2) is 0 Å². The number of halogens is 1. The zero-order valence-corrected chi connectivity index (χ0v) is 10.2. The quantitative estimate of drug-likeness (QED) is 0.673. The van der Waals surface area contributed by atoms with E-state index in [1.54, 1.807) is 23.1 Å². The number of aromatic nitrogens is 1. The number of thiazole rings is 1. The highest BCUT2D eigenvalue weighted by atomic mass is 35.5. The molecule has 0 spiro atoms. The highest BCUT2D eigenvalue weighted by molar-refractivity contribution is 7.98. The molecule has 78 valence electrons. The molecule has 0 unspecified atom stereocenters. The summed E-state index contributed by atoms with van der Waals surface area (Å²) in [6, 6.07) is 5.70. The predicted octanol–water partition coefficient (Wildman–Crippen LogP) is 3.67. The Morgan fingerprint density at radius 1 is 1.47 bits per heavy atom. The Kier molecular flexibility index (Phi) is 3.51. The average molecular weight is 257 g/mol. The first-order valence-corrected chi connectivity index (χ1v) is 6.55. The van der Waals surface area contributed by atoms with Gasteiger partial charge in [-0.2, -0.15) is 0 Å². The lowest BCUT2D eigenvalue weighted by atomic mass is 10.3. The van der Waals surface area contributed by atoms with Crippen molar-refractivity contribution in [2.24, 2.45) is 0 Å². The van der Waals surface area contributed by atoms with Gasteiger partial charge in [0.1, 0.15) is 0 Å². The Hall–Kier alpha value is -0.710. The number of hydrogen-bond acceptors (Lipinski definition) is 4. The zero-order chi connectivity index (χ0) is 10.7. The lowest BCUT2D eigenvalue weighted by molar-refractivity contribution is 1.36. The van der Waals surface area contributed by atoms with Crippen LogP contribution in [0.15, 0.2) is 34.8 Å². The summed E-state index contributed by atoms with van der Waals surface area (Å²) >= 11 is 9.32. The normalized spacial score (nSPS) is 10.5. The molecule has 15 heavy (non-hydrogen) atoms. The van der Waals surface area contributed by atoms with E-state index in [1.807, 2.05) is 29.9 Å². The van der Waals surface area contributed by atoms with Gasteiger partial charge < -0.3 is 5.73 Å². The molecule has 2 nitrogen and oxygen atoms in total. The maximum absolute atomic E-state index is 5.93. The standard InChI is InChI=1S/C10H9ClN2S2/c11-9-3-7(1-2-10(9)12)14-5-8-4-13-6-15-8/h1-4,6H,5,12H2. The average Bonchev–Trinajstić information content (AvgIpc) is 2.73. The molecule has 2 rings (SSSR count). The second-order valence-corrected chi connectivity index (χ2v) is 5.37. The van der Waals surface area contributed by atoms with Crippen molar-refractivity contribution < 1.29 is 0 Å². The third kappa shape index (κ3) is 2.87.